The number of amides is 2. The van der Waals surface area contributed by atoms with Gasteiger partial charge in [-0.1, -0.05) is 62.4 Å². The molecule has 1 aliphatic carbocycles. The Balaban J connectivity index is 1.63. The van der Waals surface area contributed by atoms with Gasteiger partial charge in [-0.2, -0.15) is 0 Å². The lowest BCUT2D eigenvalue weighted by atomic mass is 9.98. The van der Waals surface area contributed by atoms with Crippen LogP contribution in [0.25, 0.3) is 11.1 Å². The first kappa shape index (κ1) is 23.3. The van der Waals surface area contributed by atoms with E-state index in [-0.39, 0.29) is 18.4 Å². The lowest BCUT2D eigenvalue weighted by Crippen LogP contribution is -2.48. The van der Waals surface area contributed by atoms with Crippen LogP contribution in [0.1, 0.15) is 44.2 Å². The molecule has 0 spiro atoms. The Labute approximate surface area is 186 Å². The zero-order chi connectivity index (χ0) is 23.3. The monoisotopic (exact) mass is 440 g/mol. The predicted molar refractivity (Wildman–Crippen MR) is 118 cm³/mol. The first-order valence-electron chi connectivity index (χ1n) is 10.6. The fourth-order valence-corrected chi connectivity index (χ4v) is 3.75. The minimum atomic E-state index is -1.21. The summed E-state index contributed by atoms with van der Waals surface area (Å²) >= 11 is 0. The molecule has 2 atom stereocenters. The normalized spacial score (nSPS) is 14.2. The molecule has 0 saturated heterocycles. The van der Waals surface area contributed by atoms with Crippen molar-refractivity contribution in [3.8, 4) is 11.1 Å². The lowest BCUT2D eigenvalue weighted by molar-refractivity contribution is -0.159. The number of rotatable bonds is 9. The van der Waals surface area contributed by atoms with Gasteiger partial charge in [0.25, 0.3) is 5.91 Å². The number of hydroxylamine groups is 1. The van der Waals surface area contributed by atoms with Crippen LogP contribution in [-0.2, 0) is 19.2 Å². The molecule has 0 saturated carbocycles. The van der Waals surface area contributed by atoms with Crippen molar-refractivity contribution in [2.24, 2.45) is 5.92 Å². The molecule has 0 fully saturated rings. The largest absolute Gasteiger partial charge is 0.479 e. The molecule has 0 bridgehead atoms. The Morgan fingerprint density at radius 2 is 1.53 bits per heavy atom. The second-order valence-electron chi connectivity index (χ2n) is 8.22. The zero-order valence-corrected chi connectivity index (χ0v) is 18.3. The molecule has 2 aromatic rings. The number of hydrogen-bond acceptors (Lipinski definition) is 5. The Morgan fingerprint density at radius 3 is 2.06 bits per heavy atom. The van der Waals surface area contributed by atoms with E-state index in [1.807, 2.05) is 50.2 Å². The number of carbonyl (C=O) groups excluding carboxylic acids is 2. The molecule has 0 heterocycles. The molecule has 3 N–H and O–H groups in total. The van der Waals surface area contributed by atoms with Crippen molar-refractivity contribution in [2.45, 2.75) is 45.3 Å². The molecule has 0 radical (unpaired) electrons. The highest BCUT2D eigenvalue weighted by Gasteiger charge is 2.30. The minimum Gasteiger partial charge on any atom is -0.479 e. The average molecular weight is 440 g/mol. The van der Waals surface area contributed by atoms with E-state index in [1.54, 1.807) is 0 Å². The fraction of sp³-hybridized carbons (Fsp3) is 0.375. The smallest absolute Gasteiger partial charge is 0.407 e. The molecule has 1 aliphatic rings. The summed E-state index contributed by atoms with van der Waals surface area (Å²) < 4.78 is 5.50. The van der Waals surface area contributed by atoms with Crippen LogP contribution >= 0.6 is 0 Å². The third-order valence-corrected chi connectivity index (χ3v) is 5.34. The molecule has 3 rings (SSSR count). The molecule has 8 nitrogen and oxygen atoms in total. The number of hydrogen-bond donors (Lipinski definition) is 3. The summed E-state index contributed by atoms with van der Waals surface area (Å²) in [5.74, 6) is -1.85. The van der Waals surface area contributed by atoms with Crippen molar-refractivity contribution in [2.75, 3.05) is 6.61 Å². The summed E-state index contributed by atoms with van der Waals surface area (Å²) in [6.07, 6.45) is -1.60. The summed E-state index contributed by atoms with van der Waals surface area (Å²) in [4.78, 5) is 40.6. The van der Waals surface area contributed by atoms with Crippen LogP contribution in [0.4, 0.5) is 4.79 Å². The highest BCUT2D eigenvalue weighted by molar-refractivity contribution is 5.85. The summed E-state index contributed by atoms with van der Waals surface area (Å²) in [6.45, 7) is 5.22. The number of carboxylic acids is 1. The van der Waals surface area contributed by atoms with E-state index in [4.69, 9.17) is 14.7 Å². The standard InChI is InChI=1S/C24H28N2O6/c1-14(2)12-21(22(27)26-32-15(3)23(28)29)25-24(30)31-13-20-18-10-6-4-8-16(18)17-9-5-7-11-19(17)20/h4-11,14-15,20-21H,12-13H2,1-3H3,(H,25,30)(H,26,27)(H,28,29)/t15?,21-/m0/s1. The minimum absolute atomic E-state index is 0.0923. The van der Waals surface area contributed by atoms with E-state index in [1.165, 1.54) is 6.92 Å². The van der Waals surface area contributed by atoms with Crippen LogP contribution in [-0.4, -0.2) is 41.8 Å². The van der Waals surface area contributed by atoms with E-state index >= 15 is 0 Å². The van der Waals surface area contributed by atoms with Gasteiger partial charge in [0.1, 0.15) is 12.6 Å². The topological polar surface area (TPSA) is 114 Å². The Morgan fingerprint density at radius 1 is 0.969 bits per heavy atom. The van der Waals surface area contributed by atoms with E-state index < -0.39 is 30.1 Å². The van der Waals surface area contributed by atoms with E-state index in [0.29, 0.717) is 6.42 Å². The molecular formula is C24H28N2O6. The van der Waals surface area contributed by atoms with Crippen LogP contribution in [0.5, 0.6) is 0 Å². The van der Waals surface area contributed by atoms with Gasteiger partial charge >= 0.3 is 12.1 Å². The van der Waals surface area contributed by atoms with Gasteiger partial charge in [-0.3, -0.25) is 9.63 Å². The molecule has 8 heteroatoms. The summed E-state index contributed by atoms with van der Waals surface area (Å²) in [5, 5.41) is 11.4. The van der Waals surface area contributed by atoms with Gasteiger partial charge < -0.3 is 15.2 Å². The summed E-state index contributed by atoms with van der Waals surface area (Å²) in [7, 11) is 0. The van der Waals surface area contributed by atoms with Gasteiger partial charge in [-0.15, -0.1) is 0 Å². The fourth-order valence-electron chi connectivity index (χ4n) is 3.75. The van der Waals surface area contributed by atoms with Crippen LogP contribution in [0.15, 0.2) is 48.5 Å². The second kappa shape index (κ2) is 10.3. The van der Waals surface area contributed by atoms with E-state index in [9.17, 15) is 14.4 Å². The van der Waals surface area contributed by atoms with Crippen molar-refractivity contribution in [1.82, 2.24) is 10.8 Å². The highest BCUT2D eigenvalue weighted by atomic mass is 16.7. The van der Waals surface area contributed by atoms with Gasteiger partial charge in [0.15, 0.2) is 6.10 Å². The molecule has 32 heavy (non-hydrogen) atoms. The number of benzene rings is 2. The van der Waals surface area contributed by atoms with Crippen LogP contribution < -0.4 is 10.8 Å². The van der Waals surface area contributed by atoms with Gasteiger partial charge in [0.2, 0.25) is 0 Å². The Bertz CT molecular complexity index is 944. The van der Waals surface area contributed by atoms with Crippen molar-refractivity contribution in [3.05, 3.63) is 59.7 Å². The molecule has 0 aliphatic heterocycles. The van der Waals surface area contributed by atoms with Crippen LogP contribution in [0.3, 0.4) is 0 Å². The van der Waals surface area contributed by atoms with Crippen molar-refractivity contribution >= 4 is 18.0 Å². The molecule has 0 aromatic heterocycles. The van der Waals surface area contributed by atoms with Crippen molar-refractivity contribution in [3.63, 3.8) is 0 Å². The number of aliphatic carboxylic acids is 1. The third kappa shape index (κ3) is 5.45. The average Bonchev–Trinajstić information content (AvgIpc) is 3.08. The molecule has 2 aromatic carbocycles. The number of carbonyl (C=O) groups is 3. The number of carboxylic acid groups (broad SMARTS) is 1. The molecule has 1 unspecified atom stereocenters. The van der Waals surface area contributed by atoms with Crippen LogP contribution in [0, 0.1) is 5.92 Å². The Kier molecular flexibility index (Phi) is 7.48. The first-order valence-corrected chi connectivity index (χ1v) is 10.6. The van der Waals surface area contributed by atoms with Gasteiger partial charge in [-0.25, -0.2) is 15.1 Å². The predicted octanol–water partition coefficient (Wildman–Crippen LogP) is 3.46. The number of nitrogens with one attached hydrogen (secondary N) is 2. The van der Waals surface area contributed by atoms with Crippen molar-refractivity contribution < 1.29 is 29.1 Å². The second-order valence-corrected chi connectivity index (χ2v) is 8.22. The maximum atomic E-state index is 12.5. The molecular weight excluding hydrogens is 412 g/mol. The summed E-state index contributed by atoms with van der Waals surface area (Å²) in [6, 6.07) is 15.1. The van der Waals surface area contributed by atoms with Gasteiger partial charge in [0, 0.05) is 5.92 Å². The SMILES string of the molecule is CC(C)C[C@H](NC(=O)OCC1c2ccccc2-c2ccccc21)C(=O)NOC(C)C(=O)O. The number of ether oxygens (including phenoxy) is 1. The van der Waals surface area contributed by atoms with E-state index in [2.05, 4.69) is 22.9 Å². The Hall–Kier alpha value is -3.39. The van der Waals surface area contributed by atoms with Crippen molar-refractivity contribution in [1.29, 1.82) is 0 Å². The molecule has 170 valence electrons. The lowest BCUT2D eigenvalue weighted by Gasteiger charge is -2.21. The molecule has 2 amide bonds. The first-order chi connectivity index (χ1) is 15.3. The van der Waals surface area contributed by atoms with Crippen LogP contribution in [0.2, 0.25) is 0 Å². The van der Waals surface area contributed by atoms with Gasteiger partial charge in [-0.05, 0) is 41.5 Å². The number of fused-ring (bicyclic) bond motifs is 3. The maximum Gasteiger partial charge on any atom is 0.407 e. The quantitative estimate of drug-likeness (QED) is 0.515. The third-order valence-electron chi connectivity index (χ3n) is 5.34. The maximum absolute atomic E-state index is 12.5. The van der Waals surface area contributed by atoms with Gasteiger partial charge in [0.05, 0.1) is 0 Å². The number of alkyl carbamates (subject to hydrolysis) is 1. The highest BCUT2D eigenvalue weighted by Crippen LogP contribution is 2.44. The summed E-state index contributed by atoms with van der Waals surface area (Å²) in [5.41, 5.74) is 6.54. The zero-order valence-electron chi connectivity index (χ0n) is 18.3. The van der Waals surface area contributed by atoms with E-state index in [0.717, 1.165) is 22.3 Å².